The molecule has 0 spiro atoms. The largest absolute Gasteiger partial charge is 0.381 e. The number of aryl methyl sites for hydroxylation is 2. The van der Waals surface area contributed by atoms with Crippen molar-refractivity contribution in [2.45, 2.75) is 26.3 Å². The third kappa shape index (κ3) is 3.48. The van der Waals surface area contributed by atoms with Gasteiger partial charge in [-0.15, -0.1) is 0 Å². The number of benzene rings is 1. The molecule has 0 aliphatic carbocycles. The molecule has 0 saturated carbocycles. The van der Waals surface area contributed by atoms with E-state index in [2.05, 4.69) is 56.4 Å². The molecule has 0 aromatic heterocycles. The van der Waals surface area contributed by atoms with Gasteiger partial charge in [0.15, 0.2) is 0 Å². The molecular weight excluding hydrogens is 236 g/mol. The lowest BCUT2D eigenvalue weighted by molar-refractivity contribution is 0.0371. The fraction of sp³-hybridized carbons (Fsp3) is 0.625. The first-order chi connectivity index (χ1) is 9.11. The van der Waals surface area contributed by atoms with E-state index in [1.165, 1.54) is 16.8 Å². The van der Waals surface area contributed by atoms with Crippen LogP contribution in [0.5, 0.6) is 0 Å². The van der Waals surface area contributed by atoms with E-state index in [1.54, 1.807) is 0 Å². The molecule has 0 amide bonds. The van der Waals surface area contributed by atoms with Crippen LogP contribution in [0.25, 0.3) is 0 Å². The van der Waals surface area contributed by atoms with E-state index in [1.807, 2.05) is 0 Å². The van der Waals surface area contributed by atoms with Crippen molar-refractivity contribution in [1.82, 2.24) is 5.32 Å². The third-order valence-corrected chi connectivity index (χ3v) is 4.12. The van der Waals surface area contributed by atoms with Crippen molar-refractivity contribution in [3.8, 4) is 0 Å². The molecule has 0 bridgehead atoms. The van der Waals surface area contributed by atoms with Crippen LogP contribution < -0.4 is 10.2 Å². The average molecular weight is 262 g/mol. The predicted molar refractivity (Wildman–Crippen MR) is 81.0 cm³/mol. The summed E-state index contributed by atoms with van der Waals surface area (Å²) in [5.74, 6) is 0.560. The highest BCUT2D eigenvalue weighted by molar-refractivity contribution is 5.53. The number of nitrogens with zero attached hydrogens (tertiary/aromatic N) is 1. The summed E-state index contributed by atoms with van der Waals surface area (Å²) >= 11 is 0. The molecule has 2 atom stereocenters. The molecule has 19 heavy (non-hydrogen) atoms. The zero-order chi connectivity index (χ0) is 13.8. The molecule has 1 aromatic rings. The van der Waals surface area contributed by atoms with Crippen molar-refractivity contribution in [3.63, 3.8) is 0 Å². The third-order valence-electron chi connectivity index (χ3n) is 4.12. The minimum absolute atomic E-state index is 0.560. The average Bonchev–Trinajstić information content (AvgIpc) is 2.39. The summed E-state index contributed by atoms with van der Waals surface area (Å²) in [6.07, 6.45) is 1.11. The lowest BCUT2D eigenvalue weighted by Gasteiger charge is -2.35. The Balaban J connectivity index is 2.05. The van der Waals surface area contributed by atoms with Crippen LogP contribution in [-0.4, -0.2) is 39.9 Å². The van der Waals surface area contributed by atoms with E-state index in [9.17, 15) is 0 Å². The van der Waals surface area contributed by atoms with Crippen molar-refractivity contribution in [3.05, 3.63) is 29.3 Å². The number of hydrogen-bond donors (Lipinski definition) is 1. The van der Waals surface area contributed by atoms with E-state index in [-0.39, 0.29) is 0 Å². The van der Waals surface area contributed by atoms with Gasteiger partial charge in [-0.2, -0.15) is 0 Å². The maximum atomic E-state index is 5.63. The topological polar surface area (TPSA) is 24.5 Å². The summed E-state index contributed by atoms with van der Waals surface area (Å²) in [5.41, 5.74) is 4.00. The van der Waals surface area contributed by atoms with Gasteiger partial charge in [-0.25, -0.2) is 0 Å². The molecule has 1 N–H and O–H groups in total. The maximum Gasteiger partial charge on any atom is 0.0526 e. The number of ether oxygens (including phenoxy) is 1. The summed E-state index contributed by atoms with van der Waals surface area (Å²) < 4.78 is 5.63. The molecule has 1 aromatic carbocycles. The predicted octanol–water partition coefficient (Wildman–Crippen LogP) is 2.36. The van der Waals surface area contributed by atoms with Gasteiger partial charge in [-0.05, 0) is 38.9 Å². The summed E-state index contributed by atoms with van der Waals surface area (Å²) in [5, 5.41) is 3.43. The first kappa shape index (κ1) is 14.4. The standard InChI is InChI=1S/C16H26N2O/c1-12-5-6-16(13(2)9-12)18(4)10-14-11-19-8-7-15(14)17-3/h5-6,9,14-15,17H,7-8,10-11H2,1-4H3. The van der Waals surface area contributed by atoms with Gasteiger partial charge in [-0.3, -0.25) is 0 Å². The summed E-state index contributed by atoms with van der Waals surface area (Å²) in [4.78, 5) is 2.36. The maximum absolute atomic E-state index is 5.63. The first-order valence-electron chi connectivity index (χ1n) is 7.15. The van der Waals surface area contributed by atoms with Crippen molar-refractivity contribution in [1.29, 1.82) is 0 Å². The van der Waals surface area contributed by atoms with Crippen LogP contribution >= 0.6 is 0 Å². The van der Waals surface area contributed by atoms with E-state index in [0.29, 0.717) is 12.0 Å². The van der Waals surface area contributed by atoms with Gasteiger partial charge >= 0.3 is 0 Å². The summed E-state index contributed by atoms with van der Waals surface area (Å²) in [7, 11) is 4.24. The second kappa shape index (κ2) is 6.40. The molecule has 1 saturated heterocycles. The molecule has 3 heteroatoms. The smallest absolute Gasteiger partial charge is 0.0526 e. The highest BCUT2D eigenvalue weighted by atomic mass is 16.5. The van der Waals surface area contributed by atoms with Crippen molar-refractivity contribution < 1.29 is 4.74 Å². The van der Waals surface area contributed by atoms with E-state index < -0.39 is 0 Å². The number of rotatable bonds is 4. The Hall–Kier alpha value is -1.06. The molecule has 2 rings (SSSR count). The Morgan fingerprint density at radius 1 is 1.37 bits per heavy atom. The van der Waals surface area contributed by atoms with Crippen LogP contribution in [0.15, 0.2) is 18.2 Å². The van der Waals surface area contributed by atoms with E-state index in [4.69, 9.17) is 4.74 Å². The molecule has 3 nitrogen and oxygen atoms in total. The Labute approximate surface area is 116 Å². The van der Waals surface area contributed by atoms with Gasteiger partial charge < -0.3 is 15.0 Å². The van der Waals surface area contributed by atoms with E-state index in [0.717, 1.165) is 26.2 Å². The zero-order valence-electron chi connectivity index (χ0n) is 12.6. The molecule has 1 aliphatic heterocycles. The van der Waals surface area contributed by atoms with Crippen LogP contribution in [0.4, 0.5) is 5.69 Å². The quantitative estimate of drug-likeness (QED) is 0.901. The SMILES string of the molecule is CNC1CCOCC1CN(C)c1ccc(C)cc1C. The molecular formula is C16H26N2O. The summed E-state index contributed by atoms with van der Waals surface area (Å²) in [6.45, 7) is 7.11. The van der Waals surface area contributed by atoms with Crippen molar-refractivity contribution in [2.75, 3.05) is 38.8 Å². The summed E-state index contributed by atoms with van der Waals surface area (Å²) in [6, 6.07) is 7.23. The Kier molecular flexibility index (Phi) is 4.83. The molecule has 1 fully saturated rings. The first-order valence-corrected chi connectivity index (χ1v) is 7.15. The van der Waals surface area contributed by atoms with Gasteiger partial charge in [0, 0.05) is 37.8 Å². The second-order valence-corrected chi connectivity index (χ2v) is 5.69. The highest BCUT2D eigenvalue weighted by Gasteiger charge is 2.25. The Morgan fingerprint density at radius 2 is 2.16 bits per heavy atom. The lowest BCUT2D eigenvalue weighted by atomic mass is 9.95. The van der Waals surface area contributed by atoms with Crippen LogP contribution in [0, 0.1) is 19.8 Å². The van der Waals surface area contributed by atoms with Crippen LogP contribution in [-0.2, 0) is 4.74 Å². The molecule has 1 heterocycles. The van der Waals surface area contributed by atoms with Crippen molar-refractivity contribution in [2.24, 2.45) is 5.92 Å². The fourth-order valence-corrected chi connectivity index (χ4v) is 3.04. The number of hydrogen-bond acceptors (Lipinski definition) is 3. The van der Waals surface area contributed by atoms with Gasteiger partial charge in [0.05, 0.1) is 6.61 Å². The number of nitrogens with one attached hydrogen (secondary N) is 1. The molecule has 1 aliphatic rings. The minimum Gasteiger partial charge on any atom is -0.381 e. The zero-order valence-corrected chi connectivity index (χ0v) is 12.6. The van der Waals surface area contributed by atoms with Crippen LogP contribution in [0.2, 0.25) is 0 Å². The monoisotopic (exact) mass is 262 g/mol. The van der Waals surface area contributed by atoms with Crippen LogP contribution in [0.1, 0.15) is 17.5 Å². The van der Waals surface area contributed by atoms with Gasteiger partial charge in [-0.1, -0.05) is 17.7 Å². The second-order valence-electron chi connectivity index (χ2n) is 5.69. The molecule has 0 radical (unpaired) electrons. The lowest BCUT2D eigenvalue weighted by Crippen LogP contribution is -2.46. The van der Waals surface area contributed by atoms with Gasteiger partial charge in [0.1, 0.15) is 0 Å². The molecule has 106 valence electrons. The normalized spacial score (nSPS) is 23.4. The molecule has 2 unspecified atom stereocenters. The van der Waals surface area contributed by atoms with Gasteiger partial charge in [0.25, 0.3) is 0 Å². The Morgan fingerprint density at radius 3 is 2.84 bits per heavy atom. The highest BCUT2D eigenvalue weighted by Crippen LogP contribution is 2.23. The fourth-order valence-electron chi connectivity index (χ4n) is 3.04. The van der Waals surface area contributed by atoms with Crippen LogP contribution in [0.3, 0.4) is 0 Å². The van der Waals surface area contributed by atoms with E-state index >= 15 is 0 Å². The van der Waals surface area contributed by atoms with Gasteiger partial charge in [0.2, 0.25) is 0 Å². The van der Waals surface area contributed by atoms with Crippen molar-refractivity contribution >= 4 is 5.69 Å². The Bertz CT molecular complexity index is 419. The number of anilines is 1. The minimum atomic E-state index is 0.560.